The van der Waals surface area contributed by atoms with E-state index in [0.29, 0.717) is 0 Å². The number of amides is 1. The molecular weight excluding hydrogens is 470 g/mol. The number of carbonyl (C=O) groups is 2. The monoisotopic (exact) mass is 510 g/mol. The number of hydrogen-bond acceptors (Lipinski definition) is 6. The highest BCUT2D eigenvalue weighted by molar-refractivity contribution is 6.45. The van der Waals surface area contributed by atoms with Gasteiger partial charge in [0.15, 0.2) is 11.5 Å². The Morgan fingerprint density at radius 2 is 1.97 bits per heavy atom. The van der Waals surface area contributed by atoms with Gasteiger partial charge in [-0.25, -0.2) is 19.5 Å². The van der Waals surface area contributed by atoms with Gasteiger partial charge in [0.2, 0.25) is 0 Å². The minimum atomic E-state index is -4.00. The van der Waals surface area contributed by atoms with E-state index in [-0.39, 0.29) is 22.7 Å². The first kappa shape index (κ1) is 12.0. The highest BCUT2D eigenvalue weighted by atomic mass is 16.5. The Bertz CT molecular complexity index is 2210. The van der Waals surface area contributed by atoms with Crippen LogP contribution in [0.5, 0.6) is 5.75 Å². The summed E-state index contributed by atoms with van der Waals surface area (Å²) in [5.41, 5.74) is -4.85. The molecule has 0 saturated carbocycles. The van der Waals surface area contributed by atoms with Crippen molar-refractivity contribution >= 4 is 28.3 Å². The van der Waals surface area contributed by atoms with Crippen molar-refractivity contribution in [3.63, 3.8) is 0 Å². The maximum absolute atomic E-state index is 14.0. The summed E-state index contributed by atoms with van der Waals surface area (Å²) in [6.07, 6.45) is -4.80. The van der Waals surface area contributed by atoms with Gasteiger partial charge >= 0.3 is 0 Å². The molecule has 1 aromatic carbocycles. The highest BCUT2D eigenvalue weighted by Crippen LogP contribution is 2.33. The molecule has 10 nitrogen and oxygen atoms in total. The molecule has 4 aromatic rings. The van der Waals surface area contributed by atoms with Gasteiger partial charge in [-0.05, 0) is 32.2 Å². The first-order chi connectivity index (χ1) is 23.7. The molecule has 5 rings (SSSR count). The minimum absolute atomic E-state index is 0.0805. The zero-order valence-corrected chi connectivity index (χ0v) is 19.1. The van der Waals surface area contributed by atoms with Crippen LogP contribution in [-0.2, 0) is 4.79 Å². The fourth-order valence-electron chi connectivity index (χ4n) is 3.43. The second kappa shape index (κ2) is 9.70. The molecule has 1 N–H and O–H groups in total. The molecule has 186 valence electrons. The second-order valence-electron chi connectivity index (χ2n) is 7.52. The molecule has 3 aromatic heterocycles. The van der Waals surface area contributed by atoms with Crippen LogP contribution in [0.1, 0.15) is 60.6 Å². The number of ether oxygens (including phenoxy) is 1. The number of nitrogens with zero attached hydrogens (tertiary/aromatic N) is 6. The number of aryl methyl sites for hydroxylation is 1. The Balaban J connectivity index is 1.74. The van der Waals surface area contributed by atoms with Crippen LogP contribution in [0.25, 0.3) is 27.3 Å². The Hall–Kier alpha value is -4.78. The lowest BCUT2D eigenvalue weighted by Gasteiger charge is -2.28. The molecule has 1 amide bonds. The average molecular weight is 511 g/mol. The lowest BCUT2D eigenvalue weighted by molar-refractivity contribution is -0.126. The van der Waals surface area contributed by atoms with Crippen LogP contribution < -0.4 is 4.74 Å². The number of piperidine rings is 1. The predicted molar refractivity (Wildman–Crippen MR) is 137 cm³/mol. The zero-order valence-electron chi connectivity index (χ0n) is 34.1. The standard InChI is InChI=1S/C27H25N7O3/c1-16-5-7-18(8-6-16)23(28-3)19-9-11-33(12-10-19)27(36)25(35)20-13-29-24-22(20)21(37-4)14-30-26(24)34-15-31-17(2)32-34/h5-8,13-15,29H,9-12H2,1-2,4H3/i4D3,5D,6D,7D,8D,9D2,10D2,11D2,12D2. The Labute approximate surface area is 234 Å². The lowest BCUT2D eigenvalue weighted by atomic mass is 9.97. The second-order valence-corrected chi connectivity index (χ2v) is 7.52. The fourth-order valence-corrected chi connectivity index (χ4v) is 3.43. The van der Waals surface area contributed by atoms with Crippen molar-refractivity contribution in [3.8, 4) is 11.6 Å². The minimum Gasteiger partial charge on any atom is -0.494 e. The van der Waals surface area contributed by atoms with E-state index in [1.54, 1.807) is 6.92 Å². The van der Waals surface area contributed by atoms with E-state index in [4.69, 9.17) is 31.9 Å². The number of likely N-dealkylation sites (tertiary alicyclic amines) is 1. The van der Waals surface area contributed by atoms with Crippen molar-refractivity contribution in [2.75, 3.05) is 20.0 Å². The summed E-state index contributed by atoms with van der Waals surface area (Å²) in [6.45, 7) is 2.53. The number of ketones is 1. The normalized spacial score (nSPS) is 25.2. The van der Waals surface area contributed by atoms with Crippen LogP contribution in [0.3, 0.4) is 0 Å². The number of hydrogen-bond donors (Lipinski definition) is 1. The van der Waals surface area contributed by atoms with Crippen molar-refractivity contribution in [2.24, 2.45) is 0 Å². The topological polar surface area (TPSA) is 110 Å². The molecule has 1 aliphatic heterocycles. The van der Waals surface area contributed by atoms with Crippen molar-refractivity contribution in [1.82, 2.24) is 29.6 Å². The van der Waals surface area contributed by atoms with E-state index in [0.717, 1.165) is 17.1 Å². The predicted octanol–water partition coefficient (Wildman–Crippen LogP) is 3.90. The Morgan fingerprint density at radius 3 is 2.62 bits per heavy atom. The van der Waals surface area contributed by atoms with E-state index in [2.05, 4.69) is 24.9 Å². The first-order valence-electron chi connectivity index (χ1n) is 17.9. The summed E-state index contributed by atoms with van der Waals surface area (Å²) in [4.78, 5) is 41.2. The molecule has 1 aliphatic rings. The first-order valence-corrected chi connectivity index (χ1v) is 10.4. The number of pyridine rings is 1. The number of benzene rings is 1. The van der Waals surface area contributed by atoms with Gasteiger partial charge in [0.1, 0.15) is 17.9 Å². The average Bonchev–Trinajstić information content (AvgIpc) is 3.67. The van der Waals surface area contributed by atoms with E-state index in [1.807, 2.05) is 0 Å². The maximum Gasteiger partial charge on any atom is 0.295 e. The van der Waals surface area contributed by atoms with Crippen molar-refractivity contribution < 1.29 is 34.9 Å². The van der Waals surface area contributed by atoms with E-state index < -0.39 is 107 Å². The maximum atomic E-state index is 14.0. The molecule has 10 heteroatoms. The van der Waals surface area contributed by atoms with Gasteiger partial charge in [-0.3, -0.25) is 9.59 Å². The van der Waals surface area contributed by atoms with Crippen molar-refractivity contribution in [1.29, 1.82) is 0 Å². The number of aromatic nitrogens is 5. The van der Waals surface area contributed by atoms with E-state index in [9.17, 15) is 9.59 Å². The van der Waals surface area contributed by atoms with E-state index in [1.165, 1.54) is 13.3 Å². The van der Waals surface area contributed by atoms with Crippen LogP contribution >= 0.6 is 0 Å². The van der Waals surface area contributed by atoms with Crippen LogP contribution in [0.4, 0.5) is 0 Å². The van der Waals surface area contributed by atoms with Crippen LogP contribution in [0.2, 0.25) is 0 Å². The van der Waals surface area contributed by atoms with Gasteiger partial charge in [-0.15, -0.1) is 0 Å². The third-order valence-corrected chi connectivity index (χ3v) is 5.15. The number of methoxy groups -OCH3 is 1. The SMILES string of the molecule is [2H]c1c([2H])c(C([N+]#[C-])=C2C([2H])([2H])C([2H])([2H])N(C(=O)C(=O)c3c[nH]c4c(-n5cnc(C)n5)ncc(OC([2H])([2H])[2H])c34)C([2H])([2H])C2([2H])[2H])c([2H])c([2H])c1C. The quantitative estimate of drug-likeness (QED) is 0.248. The van der Waals surface area contributed by atoms with E-state index >= 15 is 0 Å². The summed E-state index contributed by atoms with van der Waals surface area (Å²) in [7, 11) is -3.13. The van der Waals surface area contributed by atoms with Gasteiger partial charge in [-0.1, -0.05) is 35.3 Å². The molecule has 1 saturated heterocycles. The summed E-state index contributed by atoms with van der Waals surface area (Å²) in [6, 6.07) is -3.19. The molecule has 0 spiro atoms. The van der Waals surface area contributed by atoms with Crippen LogP contribution in [0.15, 0.2) is 48.5 Å². The number of aromatic amines is 1. The molecule has 0 unspecified atom stereocenters. The number of Topliss-reactive ketones (excluding diaryl/α,β-unsaturated/α-hetero) is 1. The van der Waals surface area contributed by atoms with Gasteiger partial charge in [0, 0.05) is 30.2 Å². The third-order valence-electron chi connectivity index (χ3n) is 5.15. The molecule has 4 heterocycles. The number of H-pyrrole nitrogens is 1. The zero-order chi connectivity index (χ0) is 39.3. The molecule has 0 atom stereocenters. The Morgan fingerprint density at radius 1 is 1.22 bits per heavy atom. The summed E-state index contributed by atoms with van der Waals surface area (Å²) < 4.78 is 132. The number of fused-ring (bicyclic) bond motifs is 1. The third kappa shape index (κ3) is 4.36. The fraction of sp³-hybridized carbons (Fsp3) is 0.259. The van der Waals surface area contributed by atoms with Crippen LogP contribution in [-0.4, -0.2) is 61.4 Å². The van der Waals surface area contributed by atoms with Gasteiger partial charge in [0.05, 0.1) is 45.9 Å². The smallest absolute Gasteiger partial charge is 0.295 e. The van der Waals surface area contributed by atoms with Gasteiger partial charge in [0.25, 0.3) is 11.7 Å². The van der Waals surface area contributed by atoms with Crippen molar-refractivity contribution in [2.45, 2.75) is 26.6 Å². The van der Waals surface area contributed by atoms with Gasteiger partial charge in [-0.2, -0.15) is 5.10 Å². The molecule has 37 heavy (non-hydrogen) atoms. The summed E-state index contributed by atoms with van der Waals surface area (Å²) >= 11 is 0. The largest absolute Gasteiger partial charge is 0.494 e. The summed E-state index contributed by atoms with van der Waals surface area (Å²) in [5.74, 6) is -4.30. The number of carbonyl (C=O) groups excluding carboxylic acids is 2. The number of rotatable bonds is 5. The number of nitrogens with one attached hydrogen (secondary N) is 1. The van der Waals surface area contributed by atoms with Crippen molar-refractivity contribution in [3.05, 3.63) is 82.4 Å². The molecule has 0 aliphatic carbocycles. The molecule has 1 fully saturated rings. The Kier molecular flexibility index (Phi) is 3.14. The van der Waals surface area contributed by atoms with Gasteiger partial charge < -0.3 is 14.6 Å². The highest BCUT2D eigenvalue weighted by Gasteiger charge is 2.30. The molecule has 0 radical (unpaired) electrons. The summed E-state index contributed by atoms with van der Waals surface area (Å²) in [5, 5.41) is 3.68. The molecular formula is C27H25N7O3. The molecule has 0 bridgehead atoms. The van der Waals surface area contributed by atoms with Crippen LogP contribution in [0, 0.1) is 20.4 Å². The lowest BCUT2D eigenvalue weighted by Crippen LogP contribution is -2.40.